The Morgan fingerprint density at radius 1 is 1.44 bits per heavy atom. The maximum Gasteiger partial charge on any atom is 0.245 e. The van der Waals surface area contributed by atoms with Gasteiger partial charge in [-0.1, -0.05) is 17.7 Å². The van der Waals surface area contributed by atoms with Crippen molar-refractivity contribution >= 4 is 34.5 Å². The molecule has 3 N–H and O–H groups in total. The van der Waals surface area contributed by atoms with Crippen molar-refractivity contribution in [3.8, 4) is 0 Å². The summed E-state index contributed by atoms with van der Waals surface area (Å²) in [5, 5.41) is 5.68. The molecule has 0 saturated carbocycles. The zero-order valence-electron chi connectivity index (χ0n) is 9.81. The Balaban J connectivity index is 2.28. The molecule has 3 nitrogen and oxygen atoms in total. The van der Waals surface area contributed by atoms with Crippen molar-refractivity contribution in [1.29, 1.82) is 0 Å². The van der Waals surface area contributed by atoms with Crippen molar-refractivity contribution in [2.75, 3.05) is 5.32 Å². The summed E-state index contributed by atoms with van der Waals surface area (Å²) in [5.74, 6) is -0.402. The third-order valence-corrected chi connectivity index (χ3v) is 3.90. The number of thiophene rings is 1. The van der Waals surface area contributed by atoms with Crippen LogP contribution in [0.25, 0.3) is 0 Å². The number of nitrogens with two attached hydrogens (primary N) is 1. The standard InChI is InChI=1S/C13H13ClN2OS/c1-8-5-6-18-12(8)11(13(15)17)16-10-4-2-3-9(14)7-10/h2-7,11,16H,1H3,(H2,15,17). The number of hydrogen-bond donors (Lipinski definition) is 2. The first-order chi connectivity index (χ1) is 8.58. The molecule has 2 rings (SSSR count). The number of benzene rings is 1. The average molecular weight is 281 g/mol. The molecule has 1 unspecified atom stereocenters. The Morgan fingerprint density at radius 2 is 2.22 bits per heavy atom. The summed E-state index contributed by atoms with van der Waals surface area (Å²) < 4.78 is 0. The molecule has 2 aromatic rings. The number of halogens is 1. The van der Waals surface area contributed by atoms with E-state index in [9.17, 15) is 4.79 Å². The fourth-order valence-corrected chi connectivity index (χ4v) is 2.87. The highest BCUT2D eigenvalue weighted by molar-refractivity contribution is 7.10. The molecule has 1 aromatic heterocycles. The number of anilines is 1. The quantitative estimate of drug-likeness (QED) is 0.902. The third-order valence-electron chi connectivity index (χ3n) is 2.58. The molecule has 5 heteroatoms. The molecule has 0 saturated heterocycles. The Kier molecular flexibility index (Phi) is 3.89. The van der Waals surface area contributed by atoms with Gasteiger partial charge in [-0.2, -0.15) is 0 Å². The van der Waals surface area contributed by atoms with E-state index in [1.54, 1.807) is 12.1 Å². The van der Waals surface area contributed by atoms with Crippen LogP contribution in [-0.4, -0.2) is 5.91 Å². The predicted octanol–water partition coefficient (Wildman–Crippen LogP) is 3.35. The molecule has 0 bridgehead atoms. The molecule has 1 aromatic carbocycles. The van der Waals surface area contributed by atoms with Crippen LogP contribution in [0.4, 0.5) is 5.69 Å². The van der Waals surface area contributed by atoms with Gasteiger partial charge in [0, 0.05) is 15.6 Å². The monoisotopic (exact) mass is 280 g/mol. The SMILES string of the molecule is Cc1ccsc1C(Nc1cccc(Cl)c1)C(N)=O. The van der Waals surface area contributed by atoms with Crippen LogP contribution in [0.5, 0.6) is 0 Å². The summed E-state index contributed by atoms with van der Waals surface area (Å²) in [6.07, 6.45) is 0. The van der Waals surface area contributed by atoms with Gasteiger partial charge in [0.1, 0.15) is 6.04 Å². The maximum absolute atomic E-state index is 11.6. The largest absolute Gasteiger partial charge is 0.369 e. The minimum Gasteiger partial charge on any atom is -0.369 e. The van der Waals surface area contributed by atoms with E-state index in [0.717, 1.165) is 16.1 Å². The van der Waals surface area contributed by atoms with Crippen LogP contribution in [0.15, 0.2) is 35.7 Å². The Labute approximate surface area is 115 Å². The third kappa shape index (κ3) is 2.83. The number of carbonyl (C=O) groups excluding carboxylic acids is 1. The average Bonchev–Trinajstić information content (AvgIpc) is 2.72. The lowest BCUT2D eigenvalue weighted by Crippen LogP contribution is -2.27. The van der Waals surface area contributed by atoms with Crippen LogP contribution < -0.4 is 11.1 Å². The summed E-state index contributed by atoms with van der Waals surface area (Å²) in [5.41, 5.74) is 7.29. The number of hydrogen-bond acceptors (Lipinski definition) is 3. The van der Waals surface area contributed by atoms with Gasteiger partial charge in [0.15, 0.2) is 0 Å². The molecule has 1 atom stereocenters. The summed E-state index contributed by atoms with van der Waals surface area (Å²) >= 11 is 7.42. The molecule has 0 aliphatic heterocycles. The second kappa shape index (κ2) is 5.42. The van der Waals surface area contributed by atoms with E-state index >= 15 is 0 Å². The second-order valence-corrected chi connectivity index (χ2v) is 5.34. The summed E-state index contributed by atoms with van der Waals surface area (Å²) in [6, 6.07) is 8.66. The number of primary amides is 1. The minimum atomic E-state index is -0.525. The minimum absolute atomic E-state index is 0.402. The van der Waals surface area contributed by atoms with Gasteiger partial charge in [-0.25, -0.2) is 0 Å². The van der Waals surface area contributed by atoms with E-state index in [1.807, 2.05) is 30.5 Å². The molecule has 1 amide bonds. The van der Waals surface area contributed by atoms with Crippen LogP contribution in [0.1, 0.15) is 16.5 Å². The highest BCUT2D eigenvalue weighted by Crippen LogP contribution is 2.27. The van der Waals surface area contributed by atoms with E-state index < -0.39 is 11.9 Å². The lowest BCUT2D eigenvalue weighted by atomic mass is 10.1. The second-order valence-electron chi connectivity index (χ2n) is 3.96. The first-order valence-corrected chi connectivity index (χ1v) is 6.69. The fraction of sp³-hybridized carbons (Fsp3) is 0.154. The van der Waals surface area contributed by atoms with Gasteiger partial charge in [0.2, 0.25) is 5.91 Å². The van der Waals surface area contributed by atoms with Crippen LogP contribution in [0, 0.1) is 6.92 Å². The maximum atomic E-state index is 11.6. The fourth-order valence-electron chi connectivity index (χ4n) is 1.69. The Hall–Kier alpha value is -1.52. The number of rotatable bonds is 4. The van der Waals surface area contributed by atoms with Gasteiger partial charge in [0.05, 0.1) is 0 Å². The summed E-state index contributed by atoms with van der Waals surface area (Å²) in [7, 11) is 0. The van der Waals surface area contributed by atoms with E-state index in [1.165, 1.54) is 11.3 Å². The molecule has 0 aliphatic carbocycles. The first kappa shape index (κ1) is 12.9. The molecule has 94 valence electrons. The van der Waals surface area contributed by atoms with Crippen LogP contribution in [0.3, 0.4) is 0 Å². The molecule has 0 radical (unpaired) electrons. The highest BCUT2D eigenvalue weighted by atomic mass is 35.5. The van der Waals surface area contributed by atoms with Crippen molar-refractivity contribution < 1.29 is 4.79 Å². The van der Waals surface area contributed by atoms with Gasteiger partial charge in [-0.3, -0.25) is 4.79 Å². The van der Waals surface area contributed by atoms with Gasteiger partial charge < -0.3 is 11.1 Å². The van der Waals surface area contributed by atoms with Crippen LogP contribution >= 0.6 is 22.9 Å². The Morgan fingerprint density at radius 3 is 2.78 bits per heavy atom. The number of aryl methyl sites for hydroxylation is 1. The van der Waals surface area contributed by atoms with Crippen molar-refractivity contribution in [2.24, 2.45) is 5.73 Å². The summed E-state index contributed by atoms with van der Waals surface area (Å²) in [4.78, 5) is 12.5. The van der Waals surface area contributed by atoms with Gasteiger partial charge in [-0.15, -0.1) is 11.3 Å². The molecule has 0 spiro atoms. The topological polar surface area (TPSA) is 55.1 Å². The lowest BCUT2D eigenvalue weighted by molar-refractivity contribution is -0.118. The predicted molar refractivity (Wildman–Crippen MR) is 76.1 cm³/mol. The van der Waals surface area contributed by atoms with Crippen LogP contribution in [-0.2, 0) is 4.79 Å². The zero-order chi connectivity index (χ0) is 13.1. The molecular weight excluding hydrogens is 268 g/mol. The lowest BCUT2D eigenvalue weighted by Gasteiger charge is -2.16. The first-order valence-electron chi connectivity index (χ1n) is 5.43. The smallest absolute Gasteiger partial charge is 0.245 e. The van der Waals surface area contributed by atoms with Gasteiger partial charge in [0.25, 0.3) is 0 Å². The van der Waals surface area contributed by atoms with Gasteiger partial charge >= 0.3 is 0 Å². The van der Waals surface area contributed by atoms with Crippen molar-refractivity contribution in [1.82, 2.24) is 0 Å². The molecule has 18 heavy (non-hydrogen) atoms. The zero-order valence-corrected chi connectivity index (χ0v) is 11.4. The number of amides is 1. The highest BCUT2D eigenvalue weighted by Gasteiger charge is 2.20. The Bertz CT molecular complexity index is 568. The van der Waals surface area contributed by atoms with Gasteiger partial charge in [-0.05, 0) is 42.1 Å². The van der Waals surface area contributed by atoms with Crippen molar-refractivity contribution in [3.63, 3.8) is 0 Å². The molecule has 0 aliphatic rings. The number of carbonyl (C=O) groups is 1. The van der Waals surface area contributed by atoms with Crippen LogP contribution in [0.2, 0.25) is 5.02 Å². The van der Waals surface area contributed by atoms with E-state index in [0.29, 0.717) is 5.02 Å². The van der Waals surface area contributed by atoms with E-state index in [4.69, 9.17) is 17.3 Å². The molecule has 0 fully saturated rings. The van der Waals surface area contributed by atoms with Crippen molar-refractivity contribution in [3.05, 3.63) is 51.2 Å². The number of nitrogens with one attached hydrogen (secondary N) is 1. The van der Waals surface area contributed by atoms with E-state index in [2.05, 4.69) is 5.32 Å². The molecular formula is C13H13ClN2OS. The summed E-state index contributed by atoms with van der Waals surface area (Å²) in [6.45, 7) is 1.96. The van der Waals surface area contributed by atoms with Crippen molar-refractivity contribution in [2.45, 2.75) is 13.0 Å². The normalized spacial score (nSPS) is 12.1. The van der Waals surface area contributed by atoms with E-state index in [-0.39, 0.29) is 0 Å². The molecule has 1 heterocycles.